The van der Waals surface area contributed by atoms with Gasteiger partial charge in [0.2, 0.25) is 0 Å². The molecule has 1 aromatic rings. The van der Waals surface area contributed by atoms with Gasteiger partial charge in [0.1, 0.15) is 18.1 Å². The lowest BCUT2D eigenvalue weighted by molar-refractivity contribution is -0.137. The second-order valence-electron chi connectivity index (χ2n) is 10.3. The molecule has 0 saturated heterocycles. The van der Waals surface area contributed by atoms with E-state index in [1.807, 2.05) is 30.3 Å². The molecule has 0 aromatic heterocycles. The normalized spacial score (nSPS) is 33.6. The topological polar surface area (TPSA) is 63.6 Å². The molecule has 3 aliphatic rings. The number of hydrogen-bond donors (Lipinski definition) is 1. The van der Waals surface area contributed by atoms with Crippen molar-refractivity contribution < 1.29 is 19.4 Å². The first-order valence-corrected chi connectivity index (χ1v) is 12.3. The van der Waals surface area contributed by atoms with E-state index in [-0.39, 0.29) is 23.7 Å². The van der Waals surface area contributed by atoms with Crippen LogP contribution in [-0.2, 0) is 20.9 Å². The number of aliphatic carboxylic acids is 1. The minimum atomic E-state index is -0.763. The van der Waals surface area contributed by atoms with E-state index in [0.717, 1.165) is 31.2 Å². The van der Waals surface area contributed by atoms with Crippen molar-refractivity contribution in [3.8, 4) is 0 Å². The molecule has 0 spiro atoms. The predicted molar refractivity (Wildman–Crippen MR) is 129 cm³/mol. The SMILES string of the molecule is C=C(/C=C1/CC[C@H]2[C@@H]3[C@H](CCC(=O)O)CC(=O)[C@@]3(C)CC[C@@H]2/C1=C/C)OCc1ccccc1. The Kier molecular flexibility index (Phi) is 6.92. The molecule has 3 saturated carbocycles. The van der Waals surface area contributed by atoms with E-state index in [1.54, 1.807) is 0 Å². The van der Waals surface area contributed by atoms with Crippen LogP contribution < -0.4 is 0 Å². The Bertz CT molecular complexity index is 973. The maximum absolute atomic E-state index is 13.0. The molecule has 0 bridgehead atoms. The molecule has 0 aliphatic heterocycles. The lowest BCUT2D eigenvalue weighted by Crippen LogP contribution is -2.45. The van der Waals surface area contributed by atoms with Crippen LogP contribution in [0, 0.1) is 29.1 Å². The highest BCUT2D eigenvalue weighted by Gasteiger charge is 2.58. The van der Waals surface area contributed by atoms with Crippen LogP contribution in [-0.4, -0.2) is 16.9 Å². The molecule has 3 fully saturated rings. The highest BCUT2D eigenvalue weighted by Crippen LogP contribution is 2.62. The van der Waals surface area contributed by atoms with E-state index < -0.39 is 5.97 Å². The van der Waals surface area contributed by atoms with Gasteiger partial charge in [-0.25, -0.2) is 0 Å². The van der Waals surface area contributed by atoms with Crippen LogP contribution >= 0.6 is 0 Å². The van der Waals surface area contributed by atoms with Crippen LogP contribution in [0.3, 0.4) is 0 Å². The fraction of sp³-hybridized carbons (Fsp3) is 0.517. The molecule has 4 heteroatoms. The molecule has 0 amide bonds. The quantitative estimate of drug-likeness (QED) is 0.485. The molecule has 5 atom stereocenters. The predicted octanol–water partition coefficient (Wildman–Crippen LogP) is 6.49. The summed E-state index contributed by atoms with van der Waals surface area (Å²) in [7, 11) is 0. The number of rotatable bonds is 7. The van der Waals surface area contributed by atoms with Gasteiger partial charge in [-0.15, -0.1) is 0 Å². The zero-order valence-corrected chi connectivity index (χ0v) is 19.9. The van der Waals surface area contributed by atoms with E-state index in [4.69, 9.17) is 4.74 Å². The molecule has 1 N–H and O–H groups in total. The summed E-state index contributed by atoms with van der Waals surface area (Å²) in [6.45, 7) is 8.90. The third-order valence-electron chi connectivity index (χ3n) is 8.44. The van der Waals surface area contributed by atoms with Crippen LogP contribution in [0.1, 0.15) is 64.4 Å². The summed E-state index contributed by atoms with van der Waals surface area (Å²) in [6.07, 6.45) is 9.56. The number of ether oxygens (including phenoxy) is 1. The van der Waals surface area contributed by atoms with Gasteiger partial charge >= 0.3 is 5.97 Å². The summed E-state index contributed by atoms with van der Waals surface area (Å²) in [4.78, 5) is 24.2. The lowest BCUT2D eigenvalue weighted by atomic mass is 9.53. The van der Waals surface area contributed by atoms with E-state index in [9.17, 15) is 14.7 Å². The van der Waals surface area contributed by atoms with Crippen molar-refractivity contribution in [2.75, 3.05) is 0 Å². The summed E-state index contributed by atoms with van der Waals surface area (Å²) >= 11 is 0. The van der Waals surface area contributed by atoms with Crippen molar-refractivity contribution >= 4 is 11.8 Å². The molecule has 4 nitrogen and oxygen atoms in total. The van der Waals surface area contributed by atoms with Gasteiger partial charge < -0.3 is 9.84 Å². The van der Waals surface area contributed by atoms with Crippen molar-refractivity contribution in [3.63, 3.8) is 0 Å². The maximum Gasteiger partial charge on any atom is 0.303 e. The number of carbonyl (C=O) groups is 2. The van der Waals surface area contributed by atoms with Crippen molar-refractivity contribution in [3.05, 3.63) is 71.5 Å². The summed E-state index contributed by atoms with van der Waals surface area (Å²) < 4.78 is 5.93. The molecular weight excluding hydrogens is 412 g/mol. The van der Waals surface area contributed by atoms with E-state index in [0.29, 0.717) is 42.8 Å². The fourth-order valence-electron chi connectivity index (χ4n) is 6.96. The largest absolute Gasteiger partial charge is 0.490 e. The molecule has 0 unspecified atom stereocenters. The zero-order chi connectivity index (χ0) is 23.6. The number of benzene rings is 1. The van der Waals surface area contributed by atoms with Gasteiger partial charge in [-0.3, -0.25) is 9.59 Å². The van der Waals surface area contributed by atoms with Gasteiger partial charge in [-0.1, -0.05) is 49.9 Å². The van der Waals surface area contributed by atoms with Gasteiger partial charge in [-0.2, -0.15) is 0 Å². The minimum absolute atomic E-state index is 0.155. The minimum Gasteiger partial charge on any atom is -0.490 e. The van der Waals surface area contributed by atoms with Gasteiger partial charge in [0.15, 0.2) is 0 Å². The van der Waals surface area contributed by atoms with Crippen LogP contribution in [0.2, 0.25) is 0 Å². The fourth-order valence-corrected chi connectivity index (χ4v) is 6.96. The zero-order valence-electron chi connectivity index (χ0n) is 19.9. The average Bonchev–Trinajstić information content (AvgIpc) is 3.07. The molecular formula is C29H36O4. The van der Waals surface area contributed by atoms with Crippen molar-refractivity contribution in [2.45, 2.75) is 65.4 Å². The Hall–Kier alpha value is -2.62. The standard InChI is InChI=1S/C29H36O4/c1-4-23-21(16-19(2)33-18-20-8-6-5-7-9-20)10-12-25-24(23)14-15-29(3)26(30)17-22(28(25)29)11-13-27(31)32/h4-9,16,22,24-25,28H,2,10-15,17-18H2,1,3H3,(H,31,32)/b21-16-,23-4+/t22-,24-,25-,28+,29-/m1/s1. The van der Waals surface area contributed by atoms with Gasteiger partial charge in [-0.05, 0) is 85.5 Å². The number of Topliss-reactive ketones (excluding diaryl/α,β-unsaturated/α-hetero) is 1. The summed E-state index contributed by atoms with van der Waals surface area (Å²) in [6, 6.07) is 10.1. The molecule has 33 heavy (non-hydrogen) atoms. The second-order valence-corrected chi connectivity index (χ2v) is 10.3. The molecule has 4 rings (SSSR count). The summed E-state index contributed by atoms with van der Waals surface area (Å²) in [5, 5.41) is 9.23. The van der Waals surface area contributed by atoms with Crippen molar-refractivity contribution in [1.82, 2.24) is 0 Å². The average molecular weight is 449 g/mol. The third kappa shape index (κ3) is 4.71. The van der Waals surface area contributed by atoms with Crippen molar-refractivity contribution in [2.24, 2.45) is 29.1 Å². The molecule has 176 valence electrons. The maximum atomic E-state index is 13.0. The summed E-state index contributed by atoms with van der Waals surface area (Å²) in [5.74, 6) is 1.62. The lowest BCUT2D eigenvalue weighted by Gasteiger charge is -2.50. The second kappa shape index (κ2) is 9.70. The molecule has 0 radical (unpaired) electrons. The number of hydrogen-bond acceptors (Lipinski definition) is 3. The molecule has 3 aliphatic carbocycles. The highest BCUT2D eigenvalue weighted by atomic mass is 16.5. The Morgan fingerprint density at radius 2 is 2.03 bits per heavy atom. The van der Waals surface area contributed by atoms with Crippen LogP contribution in [0.15, 0.2) is 66.0 Å². The molecule has 1 aromatic carbocycles. The van der Waals surface area contributed by atoms with E-state index >= 15 is 0 Å². The number of carboxylic acid groups (broad SMARTS) is 1. The van der Waals surface area contributed by atoms with Crippen LogP contribution in [0.4, 0.5) is 0 Å². The number of carboxylic acids is 1. The van der Waals surface area contributed by atoms with E-state index in [2.05, 4.69) is 32.6 Å². The van der Waals surface area contributed by atoms with Crippen LogP contribution in [0.5, 0.6) is 0 Å². The van der Waals surface area contributed by atoms with Gasteiger partial charge in [0, 0.05) is 18.3 Å². The molecule has 0 heterocycles. The Morgan fingerprint density at radius 1 is 1.27 bits per heavy atom. The third-order valence-corrected chi connectivity index (χ3v) is 8.44. The smallest absolute Gasteiger partial charge is 0.303 e. The van der Waals surface area contributed by atoms with Crippen molar-refractivity contribution in [1.29, 1.82) is 0 Å². The Morgan fingerprint density at radius 3 is 2.73 bits per heavy atom. The van der Waals surface area contributed by atoms with Gasteiger partial charge in [0.25, 0.3) is 0 Å². The first-order chi connectivity index (χ1) is 15.8. The first-order valence-electron chi connectivity index (χ1n) is 12.3. The van der Waals surface area contributed by atoms with Gasteiger partial charge in [0.05, 0.1) is 0 Å². The highest BCUT2D eigenvalue weighted by molar-refractivity contribution is 5.87. The number of allylic oxidation sites excluding steroid dienone is 4. The number of ketones is 1. The van der Waals surface area contributed by atoms with Crippen LogP contribution in [0.25, 0.3) is 0 Å². The van der Waals surface area contributed by atoms with E-state index in [1.165, 1.54) is 11.1 Å². The number of carbonyl (C=O) groups excluding carboxylic acids is 1. The Balaban J connectivity index is 1.50. The monoisotopic (exact) mass is 448 g/mol. The first kappa shape index (κ1) is 23.5. The summed E-state index contributed by atoms with van der Waals surface area (Å²) in [5.41, 5.74) is 3.50. The Labute approximate surface area is 197 Å². The number of fused-ring (bicyclic) bond motifs is 3.